The van der Waals surface area contributed by atoms with E-state index in [1.165, 1.54) is 0 Å². The van der Waals surface area contributed by atoms with Crippen molar-refractivity contribution in [3.05, 3.63) is 0 Å². The minimum absolute atomic E-state index is 0. The predicted octanol–water partition coefficient (Wildman–Crippen LogP) is -3.89. The molecular weight excluding hydrogens is 601 g/mol. The smallest absolute Gasteiger partial charge is 0 e. The van der Waals surface area contributed by atoms with E-state index in [1.54, 1.807) is 0 Å². The van der Waals surface area contributed by atoms with Crippen LogP contribution in [0.25, 0.3) is 0 Å². The van der Waals surface area contributed by atoms with E-state index in [2.05, 4.69) is 0 Å². The summed E-state index contributed by atoms with van der Waals surface area (Å²) in [5.41, 5.74) is 0. The molecule has 0 aliphatic rings. The SMILES string of the molecule is O.O.O.[BaH2].[Nd].[O]=[Pb].[Ti]. The molecule has 0 aromatic heterocycles. The minimum atomic E-state index is 0. The van der Waals surface area contributed by atoms with Crippen LogP contribution < -0.4 is 0 Å². The molecular formula is H8BaNdO4PbTi. The third kappa shape index (κ3) is 48.6. The average molecular weight is 609 g/mol. The van der Waals surface area contributed by atoms with Crippen molar-refractivity contribution >= 4 is 74.7 Å². The molecule has 0 saturated carbocycles. The molecule has 0 unspecified atom stereocenters. The summed E-state index contributed by atoms with van der Waals surface area (Å²) in [6.45, 7) is 0. The zero-order chi connectivity index (χ0) is 2.00. The maximum atomic E-state index is 8.39. The van der Waals surface area contributed by atoms with Crippen LogP contribution >= 0.6 is 0 Å². The van der Waals surface area contributed by atoms with Crippen LogP contribution in [0.1, 0.15) is 0 Å². The van der Waals surface area contributed by atoms with E-state index >= 15 is 0 Å². The molecule has 0 aliphatic carbocycles. The second kappa shape index (κ2) is 65.6. The third-order valence-electron chi connectivity index (χ3n) is 0. The largest absolute Gasteiger partial charge is 0 e. The predicted molar refractivity (Wildman–Crippen MR) is 25.8 cm³/mol. The molecule has 0 aromatic carbocycles. The van der Waals surface area contributed by atoms with E-state index in [0.29, 0.717) is 0 Å². The van der Waals surface area contributed by atoms with Crippen molar-refractivity contribution in [3.63, 3.8) is 0 Å². The molecule has 4 nitrogen and oxygen atoms in total. The van der Waals surface area contributed by atoms with E-state index in [0.717, 1.165) is 0 Å². The first-order chi connectivity index (χ1) is 1.00. The fraction of sp³-hybridized carbons (Fsp3) is 0. The van der Waals surface area contributed by atoms with Crippen LogP contribution in [0, 0.1) is 40.8 Å². The van der Waals surface area contributed by atoms with Crippen molar-refractivity contribution < 1.29 is 81.7 Å². The maximum absolute atomic E-state index is 8.39. The summed E-state index contributed by atoms with van der Waals surface area (Å²) in [7, 11) is 0. The van der Waals surface area contributed by atoms with Crippen molar-refractivity contribution in [3.8, 4) is 0 Å². The van der Waals surface area contributed by atoms with E-state index < -0.39 is 0 Å². The summed E-state index contributed by atoms with van der Waals surface area (Å²) in [5, 5.41) is 0. The van der Waals surface area contributed by atoms with Gasteiger partial charge in [0, 0.05) is 62.6 Å². The average Bonchev–Trinajstić information content (AvgIpc) is 1.00. The second-order valence-corrected chi connectivity index (χ2v) is 0. The Balaban J connectivity index is -0.000000000333. The van der Waals surface area contributed by atoms with Gasteiger partial charge in [-0.25, -0.2) is 0 Å². The normalized spacial score (nSPS) is 0.500. The molecule has 0 aromatic rings. The van der Waals surface area contributed by atoms with Crippen LogP contribution in [0.3, 0.4) is 0 Å². The Morgan fingerprint density at radius 2 is 0.875 bits per heavy atom. The van der Waals surface area contributed by atoms with Gasteiger partial charge in [-0.2, -0.15) is 0 Å². The first-order valence-electron chi connectivity index (χ1n) is 0.204. The van der Waals surface area contributed by atoms with Crippen LogP contribution in [-0.2, 0) is 24.4 Å². The zero-order valence-corrected chi connectivity index (χ0v) is 12.1. The van der Waals surface area contributed by atoms with Gasteiger partial charge < -0.3 is 16.4 Å². The molecule has 0 saturated heterocycles. The Bertz CT molecular complexity index is 16.0. The van der Waals surface area contributed by atoms with Crippen LogP contribution in [0.5, 0.6) is 0 Å². The molecule has 0 bridgehead atoms. The molecule has 0 fully saturated rings. The van der Waals surface area contributed by atoms with Gasteiger partial charge in [0.15, 0.2) is 0 Å². The van der Waals surface area contributed by atoms with Gasteiger partial charge in [0.2, 0.25) is 0 Å². The van der Waals surface area contributed by atoms with Gasteiger partial charge in [0.1, 0.15) is 0 Å². The molecule has 0 aliphatic heterocycles. The molecule has 8 heavy (non-hydrogen) atoms. The Hall–Kier alpha value is 4.24. The van der Waals surface area contributed by atoms with Gasteiger partial charge >= 0.3 is 77.3 Å². The number of rotatable bonds is 0. The van der Waals surface area contributed by atoms with E-state index in [-0.39, 0.29) is 154 Å². The molecule has 0 heterocycles. The van der Waals surface area contributed by atoms with Crippen LogP contribution in [-0.4, -0.2) is 91.1 Å². The summed E-state index contributed by atoms with van der Waals surface area (Å²) >= 11 is 0.0556. The summed E-state index contributed by atoms with van der Waals surface area (Å²) in [4.78, 5) is 0. The summed E-state index contributed by atoms with van der Waals surface area (Å²) in [6.07, 6.45) is 0. The van der Waals surface area contributed by atoms with Crippen LogP contribution in [0.15, 0.2) is 0 Å². The summed E-state index contributed by atoms with van der Waals surface area (Å²) in [5.74, 6) is 0. The van der Waals surface area contributed by atoms with Gasteiger partial charge in [-0.1, -0.05) is 0 Å². The Morgan fingerprint density at radius 1 is 0.875 bits per heavy atom. The Kier molecular flexibility index (Phi) is 462. The first kappa shape index (κ1) is 56.3. The Labute approximate surface area is 152 Å². The monoisotopic (exact) mass is 608 g/mol. The fourth-order valence-corrected chi connectivity index (χ4v) is 0. The standard InChI is InChI=1S/Ba.Nd.3H2O.O.Pb.Ti.2H/h;;3*1H2;;;;;. The van der Waals surface area contributed by atoms with Crippen molar-refractivity contribution in [2.75, 3.05) is 0 Å². The quantitative estimate of drug-likeness (QED) is 0.258. The minimum Gasteiger partial charge on any atom is 0 e. The zero-order valence-electron chi connectivity index (χ0n) is 3.41. The van der Waals surface area contributed by atoms with Crippen molar-refractivity contribution in [1.82, 2.24) is 0 Å². The second-order valence-electron chi connectivity index (χ2n) is 0. The molecule has 6 N–H and O–H groups in total. The summed E-state index contributed by atoms with van der Waals surface area (Å²) in [6, 6.07) is 0. The topological polar surface area (TPSA) is 112 Å². The maximum Gasteiger partial charge on any atom is 0 e. The third-order valence-corrected chi connectivity index (χ3v) is 0. The van der Waals surface area contributed by atoms with Gasteiger partial charge in [-0.3, -0.25) is 0 Å². The van der Waals surface area contributed by atoms with Gasteiger partial charge in [0.05, 0.1) is 0 Å². The first-order valence-corrected chi connectivity index (χ1v) is 1.79. The van der Waals surface area contributed by atoms with Crippen molar-refractivity contribution in [2.45, 2.75) is 0 Å². The molecule has 46 valence electrons. The molecule has 0 amide bonds. The van der Waals surface area contributed by atoms with Gasteiger partial charge in [-0.05, 0) is 0 Å². The van der Waals surface area contributed by atoms with Crippen molar-refractivity contribution in [1.29, 1.82) is 0 Å². The van der Waals surface area contributed by atoms with Crippen LogP contribution in [0.4, 0.5) is 0 Å². The van der Waals surface area contributed by atoms with Gasteiger partial charge in [0.25, 0.3) is 0 Å². The number of hydrogen-bond donors (Lipinski definition) is 0. The van der Waals surface area contributed by atoms with E-state index in [4.69, 9.17) is 2.69 Å². The fourth-order valence-electron chi connectivity index (χ4n) is 0. The van der Waals surface area contributed by atoms with E-state index in [9.17, 15) is 0 Å². The Morgan fingerprint density at radius 3 is 0.875 bits per heavy atom. The van der Waals surface area contributed by atoms with Crippen molar-refractivity contribution in [2.24, 2.45) is 0 Å². The van der Waals surface area contributed by atoms with E-state index in [1.807, 2.05) is 0 Å². The molecule has 0 rings (SSSR count). The summed E-state index contributed by atoms with van der Waals surface area (Å²) < 4.78 is 8.39. The molecule has 0 atom stereocenters. The van der Waals surface area contributed by atoms with Crippen LogP contribution in [0.2, 0.25) is 0 Å². The molecule has 0 spiro atoms. The molecule has 8 heteroatoms. The number of hydrogen-bond acceptors (Lipinski definition) is 1. The van der Waals surface area contributed by atoms with Gasteiger partial charge in [-0.15, -0.1) is 0 Å². The molecule has 2 radical (unpaired) electrons.